The highest BCUT2D eigenvalue weighted by Crippen LogP contribution is 2.13. The van der Waals surface area contributed by atoms with Crippen LogP contribution < -0.4 is 10.1 Å². The molecule has 0 fully saturated rings. The Labute approximate surface area is 142 Å². The van der Waals surface area contributed by atoms with Crippen molar-refractivity contribution in [3.63, 3.8) is 0 Å². The van der Waals surface area contributed by atoms with Gasteiger partial charge in [-0.25, -0.2) is 4.98 Å². The fourth-order valence-corrected chi connectivity index (χ4v) is 2.40. The quantitative estimate of drug-likeness (QED) is 0.646. The highest BCUT2D eigenvalue weighted by molar-refractivity contribution is 5.27. The minimum absolute atomic E-state index is 0.477. The number of imidazole rings is 1. The van der Waals surface area contributed by atoms with Gasteiger partial charge in [-0.2, -0.15) is 5.10 Å². The molecule has 6 nitrogen and oxygen atoms in total. The second kappa shape index (κ2) is 7.79. The summed E-state index contributed by atoms with van der Waals surface area (Å²) in [4.78, 5) is 4.25. The first-order chi connectivity index (χ1) is 11.7. The molecule has 6 heteroatoms. The molecule has 0 spiro atoms. The highest BCUT2D eigenvalue weighted by Gasteiger charge is 2.01. The van der Waals surface area contributed by atoms with Gasteiger partial charge in [0.15, 0.2) is 0 Å². The molecular formula is C18H23N5O. The van der Waals surface area contributed by atoms with Gasteiger partial charge in [0, 0.05) is 38.7 Å². The molecule has 3 rings (SSSR count). The fraction of sp³-hybridized carbons (Fsp3) is 0.333. The van der Waals surface area contributed by atoms with Crippen molar-refractivity contribution in [2.24, 2.45) is 7.05 Å². The van der Waals surface area contributed by atoms with Gasteiger partial charge in [0.25, 0.3) is 0 Å². The lowest BCUT2D eigenvalue weighted by Crippen LogP contribution is -2.19. The maximum Gasteiger partial charge on any atom is 0.146 e. The van der Waals surface area contributed by atoms with Crippen LogP contribution >= 0.6 is 0 Å². The second-order valence-electron chi connectivity index (χ2n) is 5.84. The molecule has 126 valence electrons. The van der Waals surface area contributed by atoms with Gasteiger partial charge in [0.05, 0.1) is 12.7 Å². The number of rotatable bonds is 8. The fourth-order valence-electron chi connectivity index (χ4n) is 2.40. The van der Waals surface area contributed by atoms with Crippen molar-refractivity contribution in [1.29, 1.82) is 0 Å². The van der Waals surface area contributed by atoms with Crippen LogP contribution in [0.2, 0.25) is 0 Å². The molecule has 1 aromatic carbocycles. The van der Waals surface area contributed by atoms with E-state index in [1.807, 2.05) is 40.8 Å². The topological polar surface area (TPSA) is 56.9 Å². The molecule has 1 N–H and O–H groups in total. The van der Waals surface area contributed by atoms with Gasteiger partial charge in [-0.15, -0.1) is 0 Å². The van der Waals surface area contributed by atoms with Gasteiger partial charge >= 0.3 is 0 Å². The van der Waals surface area contributed by atoms with Crippen LogP contribution in [0.25, 0.3) is 0 Å². The summed E-state index contributed by atoms with van der Waals surface area (Å²) in [5.74, 6) is 1.77. The van der Waals surface area contributed by atoms with Crippen LogP contribution in [0.3, 0.4) is 0 Å². The van der Waals surface area contributed by atoms with Gasteiger partial charge in [-0.1, -0.05) is 12.1 Å². The smallest absolute Gasteiger partial charge is 0.146 e. The Morgan fingerprint density at radius 2 is 2.04 bits per heavy atom. The summed E-state index contributed by atoms with van der Waals surface area (Å²) in [5, 5.41) is 7.70. The summed E-state index contributed by atoms with van der Waals surface area (Å²) in [6.45, 7) is 5.12. The molecule has 0 unspecified atom stereocenters. The maximum atomic E-state index is 5.76. The van der Waals surface area contributed by atoms with E-state index < -0.39 is 0 Å². The third kappa shape index (κ3) is 4.45. The van der Waals surface area contributed by atoms with Crippen LogP contribution in [-0.2, 0) is 26.7 Å². The zero-order valence-corrected chi connectivity index (χ0v) is 14.1. The lowest BCUT2D eigenvalue weighted by Gasteiger charge is -2.08. The van der Waals surface area contributed by atoms with Crippen molar-refractivity contribution in [2.45, 2.75) is 26.6 Å². The molecule has 0 amide bonds. The van der Waals surface area contributed by atoms with Crippen molar-refractivity contribution in [3.05, 3.63) is 66.0 Å². The van der Waals surface area contributed by atoms with Crippen molar-refractivity contribution in [1.82, 2.24) is 24.6 Å². The van der Waals surface area contributed by atoms with E-state index in [0.29, 0.717) is 6.61 Å². The molecule has 0 saturated heterocycles. The monoisotopic (exact) mass is 325 g/mol. The van der Waals surface area contributed by atoms with E-state index in [1.165, 1.54) is 11.1 Å². The number of nitrogens with one attached hydrogen (secondary N) is 1. The molecule has 0 radical (unpaired) electrons. The predicted molar refractivity (Wildman–Crippen MR) is 92.7 cm³/mol. The molecule has 0 aliphatic heterocycles. The van der Waals surface area contributed by atoms with Crippen LogP contribution in [-0.4, -0.2) is 25.9 Å². The Morgan fingerprint density at radius 3 is 2.71 bits per heavy atom. The van der Waals surface area contributed by atoms with E-state index in [9.17, 15) is 0 Å². The molecular weight excluding hydrogens is 302 g/mol. The largest absolute Gasteiger partial charge is 0.486 e. The standard InChI is InChI=1S/C18H23N5O/c1-15-11-21-23(13-15)10-7-19-12-16-3-5-17(6-4-16)24-14-18-20-8-9-22(18)2/h3-6,8-9,11,13,19H,7,10,12,14H2,1-2H3. The van der Waals surface area contributed by atoms with Crippen molar-refractivity contribution >= 4 is 0 Å². The summed E-state index contributed by atoms with van der Waals surface area (Å²) in [6.07, 6.45) is 7.62. The van der Waals surface area contributed by atoms with Crippen molar-refractivity contribution in [2.75, 3.05) is 6.54 Å². The Balaban J connectivity index is 1.40. The Bertz CT molecular complexity index is 760. The van der Waals surface area contributed by atoms with Gasteiger partial charge < -0.3 is 14.6 Å². The third-order valence-corrected chi connectivity index (χ3v) is 3.82. The van der Waals surface area contributed by atoms with E-state index in [2.05, 4.69) is 40.7 Å². The lowest BCUT2D eigenvalue weighted by atomic mass is 10.2. The van der Waals surface area contributed by atoms with E-state index in [1.54, 1.807) is 6.20 Å². The van der Waals surface area contributed by atoms with Gasteiger partial charge in [-0.05, 0) is 30.2 Å². The maximum absolute atomic E-state index is 5.76. The summed E-state index contributed by atoms with van der Waals surface area (Å²) < 4.78 is 9.67. The number of benzene rings is 1. The molecule has 0 aliphatic carbocycles. The van der Waals surface area contributed by atoms with Crippen LogP contribution in [0, 0.1) is 6.92 Å². The first-order valence-electron chi connectivity index (χ1n) is 8.08. The number of hydrogen-bond donors (Lipinski definition) is 1. The molecule has 24 heavy (non-hydrogen) atoms. The van der Waals surface area contributed by atoms with Gasteiger partial charge in [-0.3, -0.25) is 4.68 Å². The number of aromatic nitrogens is 4. The lowest BCUT2D eigenvalue weighted by molar-refractivity contribution is 0.291. The zero-order chi connectivity index (χ0) is 16.8. The van der Waals surface area contributed by atoms with E-state index in [-0.39, 0.29) is 0 Å². The number of nitrogens with zero attached hydrogens (tertiary/aromatic N) is 4. The minimum Gasteiger partial charge on any atom is -0.486 e. The van der Waals surface area contributed by atoms with E-state index >= 15 is 0 Å². The van der Waals surface area contributed by atoms with Crippen LogP contribution in [0.4, 0.5) is 0 Å². The first-order valence-corrected chi connectivity index (χ1v) is 8.08. The van der Waals surface area contributed by atoms with Crippen LogP contribution in [0.15, 0.2) is 49.1 Å². The predicted octanol–water partition coefficient (Wildman–Crippen LogP) is 2.29. The molecule has 0 aliphatic rings. The first kappa shape index (κ1) is 16.3. The minimum atomic E-state index is 0.477. The Kier molecular flexibility index (Phi) is 5.28. The average molecular weight is 325 g/mol. The average Bonchev–Trinajstić information content (AvgIpc) is 3.19. The molecule has 2 heterocycles. The SMILES string of the molecule is Cc1cnn(CCNCc2ccc(OCc3nccn3C)cc2)c1. The van der Waals surface area contributed by atoms with Crippen LogP contribution in [0.5, 0.6) is 5.75 Å². The Morgan fingerprint density at radius 1 is 1.21 bits per heavy atom. The molecule has 2 aromatic heterocycles. The van der Waals surface area contributed by atoms with Crippen LogP contribution in [0.1, 0.15) is 17.0 Å². The van der Waals surface area contributed by atoms with E-state index in [0.717, 1.165) is 31.2 Å². The Hall–Kier alpha value is -2.60. The summed E-state index contributed by atoms with van der Waals surface area (Å²) in [5.41, 5.74) is 2.42. The van der Waals surface area contributed by atoms with Crippen molar-refractivity contribution < 1.29 is 4.74 Å². The number of ether oxygens (including phenoxy) is 1. The molecule has 0 saturated carbocycles. The third-order valence-electron chi connectivity index (χ3n) is 3.82. The highest BCUT2D eigenvalue weighted by atomic mass is 16.5. The normalized spacial score (nSPS) is 10.9. The number of hydrogen-bond acceptors (Lipinski definition) is 4. The van der Waals surface area contributed by atoms with Gasteiger partial charge in [0.2, 0.25) is 0 Å². The summed E-state index contributed by atoms with van der Waals surface area (Å²) in [7, 11) is 1.96. The molecule has 0 bridgehead atoms. The second-order valence-corrected chi connectivity index (χ2v) is 5.84. The molecule has 0 atom stereocenters. The van der Waals surface area contributed by atoms with Gasteiger partial charge in [0.1, 0.15) is 18.2 Å². The summed E-state index contributed by atoms with van der Waals surface area (Å²) in [6, 6.07) is 8.16. The summed E-state index contributed by atoms with van der Waals surface area (Å²) >= 11 is 0. The van der Waals surface area contributed by atoms with E-state index in [4.69, 9.17) is 4.74 Å². The van der Waals surface area contributed by atoms with Crippen molar-refractivity contribution in [3.8, 4) is 5.75 Å². The molecule has 3 aromatic rings. The zero-order valence-electron chi connectivity index (χ0n) is 14.1. The number of aryl methyl sites for hydroxylation is 2.